The number of nitrogens with zero attached hydrogens (tertiary/aromatic N) is 1. The third-order valence-electron chi connectivity index (χ3n) is 3.39. The first-order valence-corrected chi connectivity index (χ1v) is 7.47. The van der Waals surface area contributed by atoms with E-state index in [1.54, 1.807) is 14.2 Å². The smallest absolute Gasteiger partial charge is 0.128 e. The molecule has 0 saturated carbocycles. The average molecular weight is 293 g/mol. The van der Waals surface area contributed by atoms with Crippen LogP contribution in [-0.2, 0) is 5.41 Å². The Morgan fingerprint density at radius 1 is 0.905 bits per heavy atom. The van der Waals surface area contributed by atoms with Crippen LogP contribution < -0.4 is 14.4 Å². The highest BCUT2D eigenvalue weighted by atomic mass is 16.5. The van der Waals surface area contributed by atoms with Crippen LogP contribution in [0, 0.1) is 5.41 Å². The van der Waals surface area contributed by atoms with Crippen LogP contribution in [0.5, 0.6) is 11.5 Å². The molecule has 0 fully saturated rings. The summed E-state index contributed by atoms with van der Waals surface area (Å²) >= 11 is 0. The summed E-state index contributed by atoms with van der Waals surface area (Å²) in [5.74, 6) is 1.77. The van der Waals surface area contributed by atoms with Crippen molar-refractivity contribution >= 4 is 5.69 Å². The first-order valence-electron chi connectivity index (χ1n) is 7.47. The van der Waals surface area contributed by atoms with E-state index in [0.717, 1.165) is 29.3 Å². The quantitative estimate of drug-likeness (QED) is 0.816. The summed E-state index contributed by atoms with van der Waals surface area (Å²) in [6.45, 7) is 14.2. The summed E-state index contributed by atoms with van der Waals surface area (Å²) in [4.78, 5) is 2.25. The molecule has 1 aromatic rings. The first kappa shape index (κ1) is 17.7. The molecule has 0 aromatic heterocycles. The fraction of sp³-hybridized carbons (Fsp3) is 0.667. The van der Waals surface area contributed by atoms with Crippen LogP contribution >= 0.6 is 0 Å². The van der Waals surface area contributed by atoms with Crippen molar-refractivity contribution in [1.29, 1.82) is 0 Å². The number of benzene rings is 1. The molecule has 0 heterocycles. The summed E-state index contributed by atoms with van der Waals surface area (Å²) in [6, 6.07) is 4.21. The Bertz CT molecular complexity index is 456. The lowest BCUT2D eigenvalue weighted by Gasteiger charge is -2.31. The number of methoxy groups -OCH3 is 2. The van der Waals surface area contributed by atoms with E-state index in [0.29, 0.717) is 0 Å². The molecule has 0 amide bonds. The number of anilines is 1. The topological polar surface area (TPSA) is 21.7 Å². The molecule has 0 unspecified atom stereocenters. The van der Waals surface area contributed by atoms with Crippen LogP contribution in [0.3, 0.4) is 0 Å². The molecular weight excluding hydrogens is 262 g/mol. The third-order valence-corrected chi connectivity index (χ3v) is 3.39. The molecule has 0 saturated heterocycles. The van der Waals surface area contributed by atoms with E-state index in [1.807, 2.05) is 0 Å². The van der Waals surface area contributed by atoms with Gasteiger partial charge in [0.25, 0.3) is 0 Å². The van der Waals surface area contributed by atoms with E-state index in [1.165, 1.54) is 0 Å². The molecular formula is C18H31NO2. The highest BCUT2D eigenvalue weighted by Gasteiger charge is 2.25. The Labute approximate surface area is 130 Å². The molecule has 0 aliphatic heterocycles. The van der Waals surface area contributed by atoms with Gasteiger partial charge >= 0.3 is 0 Å². The van der Waals surface area contributed by atoms with Crippen LogP contribution in [-0.4, -0.2) is 27.8 Å². The monoisotopic (exact) mass is 293 g/mol. The van der Waals surface area contributed by atoms with Crippen molar-refractivity contribution in [2.24, 2.45) is 5.41 Å². The molecule has 1 rings (SSSR count). The maximum atomic E-state index is 5.63. The summed E-state index contributed by atoms with van der Waals surface area (Å²) in [5.41, 5.74) is 2.43. The fourth-order valence-electron chi connectivity index (χ4n) is 2.66. The Morgan fingerprint density at radius 3 is 1.62 bits per heavy atom. The van der Waals surface area contributed by atoms with Crippen molar-refractivity contribution in [2.45, 2.75) is 47.0 Å². The second-order valence-corrected chi connectivity index (χ2v) is 7.89. The predicted octanol–water partition coefficient (Wildman–Crippen LogP) is 4.48. The highest BCUT2D eigenvalue weighted by Crippen LogP contribution is 2.42. The number of hydrogen-bond donors (Lipinski definition) is 0. The van der Waals surface area contributed by atoms with Gasteiger partial charge in [0.2, 0.25) is 0 Å². The van der Waals surface area contributed by atoms with Gasteiger partial charge in [-0.15, -0.1) is 0 Å². The van der Waals surface area contributed by atoms with Gasteiger partial charge < -0.3 is 14.4 Å². The zero-order chi connectivity index (χ0) is 16.4. The average Bonchev–Trinajstić information content (AvgIpc) is 2.33. The van der Waals surface area contributed by atoms with Crippen molar-refractivity contribution in [3.8, 4) is 11.5 Å². The van der Waals surface area contributed by atoms with Crippen LogP contribution in [0.4, 0.5) is 5.69 Å². The molecule has 3 heteroatoms. The number of ether oxygens (including phenoxy) is 2. The molecule has 3 nitrogen and oxygen atoms in total. The lowest BCUT2D eigenvalue weighted by atomic mass is 9.85. The van der Waals surface area contributed by atoms with Gasteiger partial charge in [-0.05, 0) is 10.8 Å². The van der Waals surface area contributed by atoms with E-state index >= 15 is 0 Å². The summed E-state index contributed by atoms with van der Waals surface area (Å²) in [7, 11) is 5.55. The lowest BCUT2D eigenvalue weighted by molar-refractivity contribution is 0.367. The summed E-state index contributed by atoms with van der Waals surface area (Å²) in [5, 5.41) is 0. The van der Waals surface area contributed by atoms with Gasteiger partial charge in [0, 0.05) is 37.0 Å². The molecule has 120 valence electrons. The fourth-order valence-corrected chi connectivity index (χ4v) is 2.66. The largest absolute Gasteiger partial charge is 0.496 e. The molecule has 0 aliphatic rings. The van der Waals surface area contributed by atoms with Crippen molar-refractivity contribution in [3.63, 3.8) is 0 Å². The van der Waals surface area contributed by atoms with E-state index in [-0.39, 0.29) is 10.8 Å². The van der Waals surface area contributed by atoms with Crippen molar-refractivity contribution in [3.05, 3.63) is 17.7 Å². The Morgan fingerprint density at radius 2 is 1.33 bits per heavy atom. The molecule has 0 radical (unpaired) electrons. The molecule has 1 aromatic carbocycles. The minimum absolute atomic E-state index is 0.0299. The van der Waals surface area contributed by atoms with Gasteiger partial charge in [-0.25, -0.2) is 0 Å². The van der Waals surface area contributed by atoms with Gasteiger partial charge in [-0.1, -0.05) is 41.5 Å². The second-order valence-electron chi connectivity index (χ2n) is 7.89. The summed E-state index contributed by atoms with van der Waals surface area (Å²) in [6.07, 6.45) is 0. The van der Waals surface area contributed by atoms with Gasteiger partial charge in [0.15, 0.2) is 0 Å². The first-order chi connectivity index (χ1) is 9.49. The van der Waals surface area contributed by atoms with E-state index in [2.05, 4.69) is 65.6 Å². The van der Waals surface area contributed by atoms with E-state index in [9.17, 15) is 0 Å². The Hall–Kier alpha value is -1.38. The highest BCUT2D eigenvalue weighted by molar-refractivity contribution is 5.61. The van der Waals surface area contributed by atoms with Gasteiger partial charge in [-0.2, -0.15) is 0 Å². The summed E-state index contributed by atoms with van der Waals surface area (Å²) < 4.78 is 11.3. The number of rotatable bonds is 4. The van der Waals surface area contributed by atoms with Gasteiger partial charge in [-0.3, -0.25) is 0 Å². The predicted molar refractivity (Wildman–Crippen MR) is 91.0 cm³/mol. The van der Waals surface area contributed by atoms with Crippen molar-refractivity contribution < 1.29 is 9.47 Å². The van der Waals surface area contributed by atoms with Crippen molar-refractivity contribution in [2.75, 3.05) is 32.7 Å². The lowest BCUT2D eigenvalue weighted by Crippen LogP contribution is -2.29. The number of hydrogen-bond acceptors (Lipinski definition) is 3. The normalized spacial score (nSPS) is 12.2. The van der Waals surface area contributed by atoms with E-state index in [4.69, 9.17) is 9.47 Å². The van der Waals surface area contributed by atoms with Crippen LogP contribution in [0.1, 0.15) is 47.1 Å². The molecule has 21 heavy (non-hydrogen) atoms. The minimum Gasteiger partial charge on any atom is -0.496 e. The van der Waals surface area contributed by atoms with Crippen LogP contribution in [0.15, 0.2) is 12.1 Å². The Balaban J connectivity index is 3.33. The molecule has 0 atom stereocenters. The third kappa shape index (κ3) is 4.55. The van der Waals surface area contributed by atoms with E-state index < -0.39 is 0 Å². The van der Waals surface area contributed by atoms with Crippen molar-refractivity contribution in [1.82, 2.24) is 0 Å². The van der Waals surface area contributed by atoms with Crippen LogP contribution in [0.2, 0.25) is 0 Å². The Kier molecular flexibility index (Phi) is 5.19. The molecule has 0 aliphatic carbocycles. The van der Waals surface area contributed by atoms with Crippen LogP contribution in [0.25, 0.3) is 0 Å². The minimum atomic E-state index is -0.0299. The molecule has 0 bridgehead atoms. The SMILES string of the molecule is COc1cc(N(C)CC(C)(C)C)cc(OC)c1C(C)(C)C. The molecule has 0 N–H and O–H groups in total. The second kappa shape index (κ2) is 6.17. The molecule has 0 spiro atoms. The maximum Gasteiger partial charge on any atom is 0.128 e. The van der Waals surface area contributed by atoms with Gasteiger partial charge in [0.1, 0.15) is 11.5 Å². The zero-order valence-corrected chi connectivity index (χ0v) is 15.1. The van der Waals surface area contributed by atoms with Gasteiger partial charge in [0.05, 0.1) is 14.2 Å². The zero-order valence-electron chi connectivity index (χ0n) is 15.1. The maximum absolute atomic E-state index is 5.63. The standard InChI is InChI=1S/C18H31NO2/c1-17(2,3)12-19(7)13-10-14(20-8)16(18(4,5)6)15(11-13)21-9/h10-11H,12H2,1-9H3.